The van der Waals surface area contributed by atoms with E-state index < -0.39 is 11.9 Å². The van der Waals surface area contributed by atoms with Crippen LogP contribution in [0.2, 0.25) is 0 Å². The Morgan fingerprint density at radius 3 is 2.60 bits per heavy atom. The molecule has 2 N–H and O–H groups in total. The number of rotatable bonds is 7. The second-order valence-electron chi connectivity index (χ2n) is 9.24. The maximum atomic E-state index is 14.0. The first-order chi connectivity index (χ1) is 19.4. The SMILES string of the molecule is Cc1ccc(/C=C/C(=O)Oc2ccc3c(c2)OC(N)=C(C#N)C3c2cccc(OCc3ccccc3F)c2)cc1. The number of nitrogens with zero attached hydrogens (tertiary/aromatic N) is 1. The minimum atomic E-state index is -0.547. The molecule has 0 saturated heterocycles. The highest BCUT2D eigenvalue weighted by Gasteiger charge is 2.31. The lowest BCUT2D eigenvalue weighted by atomic mass is 9.83. The zero-order valence-electron chi connectivity index (χ0n) is 21.6. The minimum Gasteiger partial charge on any atom is -0.489 e. The van der Waals surface area contributed by atoms with Crippen LogP contribution in [0.1, 0.15) is 33.7 Å². The molecule has 4 aromatic rings. The molecule has 0 fully saturated rings. The van der Waals surface area contributed by atoms with Crippen molar-refractivity contribution in [3.63, 3.8) is 0 Å². The first-order valence-corrected chi connectivity index (χ1v) is 12.6. The summed E-state index contributed by atoms with van der Waals surface area (Å²) in [5, 5.41) is 9.89. The van der Waals surface area contributed by atoms with Gasteiger partial charge in [-0.25, -0.2) is 9.18 Å². The van der Waals surface area contributed by atoms with Crippen molar-refractivity contribution in [3.05, 3.63) is 142 Å². The molecule has 1 heterocycles. The summed E-state index contributed by atoms with van der Waals surface area (Å²) in [6.07, 6.45) is 3.02. The van der Waals surface area contributed by atoms with Crippen LogP contribution in [0.15, 0.2) is 109 Å². The van der Waals surface area contributed by atoms with E-state index in [0.29, 0.717) is 22.6 Å². The predicted octanol–water partition coefficient (Wildman–Crippen LogP) is 6.55. The average Bonchev–Trinajstić information content (AvgIpc) is 2.96. The summed E-state index contributed by atoms with van der Waals surface area (Å²) in [5.41, 5.74) is 10.2. The third-order valence-electron chi connectivity index (χ3n) is 6.44. The van der Waals surface area contributed by atoms with Crippen LogP contribution in [0, 0.1) is 24.1 Å². The number of carbonyl (C=O) groups excluding carboxylic acids is 1. The molecule has 6 nitrogen and oxygen atoms in total. The van der Waals surface area contributed by atoms with Crippen molar-refractivity contribution in [1.82, 2.24) is 0 Å². The van der Waals surface area contributed by atoms with Crippen LogP contribution in [0.5, 0.6) is 17.2 Å². The molecule has 1 aliphatic rings. The van der Waals surface area contributed by atoms with E-state index in [2.05, 4.69) is 6.07 Å². The summed E-state index contributed by atoms with van der Waals surface area (Å²) in [6, 6.07) is 28.4. The van der Waals surface area contributed by atoms with Gasteiger partial charge in [-0.3, -0.25) is 0 Å². The fraction of sp³-hybridized carbons (Fsp3) is 0.0909. The van der Waals surface area contributed by atoms with Gasteiger partial charge in [-0.15, -0.1) is 0 Å². The van der Waals surface area contributed by atoms with Crippen molar-refractivity contribution in [2.75, 3.05) is 0 Å². The largest absolute Gasteiger partial charge is 0.489 e. The Bertz CT molecular complexity index is 1670. The Morgan fingerprint density at radius 1 is 1.02 bits per heavy atom. The van der Waals surface area contributed by atoms with Gasteiger partial charge in [0.05, 0.1) is 5.92 Å². The van der Waals surface area contributed by atoms with E-state index >= 15 is 0 Å². The van der Waals surface area contributed by atoms with Gasteiger partial charge in [-0.05, 0) is 48.4 Å². The van der Waals surface area contributed by atoms with Gasteiger partial charge in [0.15, 0.2) is 0 Å². The van der Waals surface area contributed by atoms with Crippen molar-refractivity contribution in [2.24, 2.45) is 5.73 Å². The smallest absolute Gasteiger partial charge is 0.336 e. The number of hydrogen-bond acceptors (Lipinski definition) is 6. The Hall–Kier alpha value is -5.35. The van der Waals surface area contributed by atoms with Gasteiger partial charge in [0, 0.05) is 23.3 Å². The third-order valence-corrected chi connectivity index (χ3v) is 6.44. The molecular formula is C33H25FN2O4. The number of carbonyl (C=O) groups is 1. The van der Waals surface area contributed by atoms with Crippen LogP contribution in [-0.4, -0.2) is 5.97 Å². The van der Waals surface area contributed by atoms with Gasteiger partial charge in [0.2, 0.25) is 5.88 Å². The van der Waals surface area contributed by atoms with E-state index in [1.54, 1.807) is 60.7 Å². The number of halogens is 1. The Balaban J connectivity index is 1.37. The predicted molar refractivity (Wildman–Crippen MR) is 149 cm³/mol. The van der Waals surface area contributed by atoms with E-state index in [1.165, 1.54) is 12.1 Å². The molecule has 1 aliphatic heterocycles. The van der Waals surface area contributed by atoms with Crippen LogP contribution in [0.4, 0.5) is 4.39 Å². The number of aryl methyl sites for hydroxylation is 1. The number of esters is 1. The standard InChI is InChI=1S/C33H25FN2O4/c1-21-9-11-22(12-10-21)13-16-31(37)39-26-14-15-27-30(18-26)40-33(36)28(19-35)32(27)23-6-4-7-25(17-23)38-20-24-5-2-3-8-29(24)34/h2-18,32H,20,36H2,1H3/b16-13+. The van der Waals surface area contributed by atoms with Gasteiger partial charge >= 0.3 is 5.97 Å². The highest BCUT2D eigenvalue weighted by Crippen LogP contribution is 2.44. The van der Waals surface area contributed by atoms with Crippen molar-refractivity contribution < 1.29 is 23.4 Å². The van der Waals surface area contributed by atoms with Crippen molar-refractivity contribution in [1.29, 1.82) is 5.26 Å². The lowest BCUT2D eigenvalue weighted by molar-refractivity contribution is -0.128. The molecule has 5 rings (SSSR count). The Kier molecular flexibility index (Phi) is 7.61. The van der Waals surface area contributed by atoms with Crippen LogP contribution < -0.4 is 19.9 Å². The second kappa shape index (κ2) is 11.6. The molecule has 0 amide bonds. The monoisotopic (exact) mass is 532 g/mol. The summed E-state index contributed by atoms with van der Waals surface area (Å²) in [6.45, 7) is 2.04. The number of nitriles is 1. The van der Waals surface area contributed by atoms with Gasteiger partial charge < -0.3 is 19.9 Å². The molecule has 0 aromatic heterocycles. The number of nitrogens with two attached hydrogens (primary N) is 1. The average molecular weight is 533 g/mol. The van der Waals surface area contributed by atoms with E-state index in [4.69, 9.17) is 19.9 Å². The molecule has 0 aliphatic carbocycles. The molecule has 7 heteroatoms. The molecule has 40 heavy (non-hydrogen) atoms. The maximum absolute atomic E-state index is 14.0. The number of hydrogen-bond donors (Lipinski definition) is 1. The van der Waals surface area contributed by atoms with E-state index in [9.17, 15) is 14.4 Å². The lowest BCUT2D eigenvalue weighted by Gasteiger charge is -2.27. The topological polar surface area (TPSA) is 94.6 Å². The first kappa shape index (κ1) is 26.3. The maximum Gasteiger partial charge on any atom is 0.336 e. The Morgan fingerprint density at radius 2 is 1.82 bits per heavy atom. The second-order valence-corrected chi connectivity index (χ2v) is 9.24. The van der Waals surface area contributed by atoms with Crippen molar-refractivity contribution in [2.45, 2.75) is 19.4 Å². The normalized spacial score (nSPS) is 14.3. The number of benzene rings is 4. The molecule has 0 saturated carbocycles. The molecule has 0 radical (unpaired) electrons. The molecule has 198 valence electrons. The van der Waals surface area contributed by atoms with E-state index in [-0.39, 0.29) is 29.6 Å². The minimum absolute atomic E-state index is 0.0413. The van der Waals surface area contributed by atoms with Gasteiger partial charge in [0.25, 0.3) is 0 Å². The molecule has 1 atom stereocenters. The zero-order valence-corrected chi connectivity index (χ0v) is 21.6. The Labute approximate surface area is 231 Å². The van der Waals surface area contributed by atoms with E-state index in [0.717, 1.165) is 16.7 Å². The zero-order chi connectivity index (χ0) is 28.1. The quantitative estimate of drug-likeness (QED) is 0.165. The summed E-state index contributed by atoms with van der Waals surface area (Å²) >= 11 is 0. The highest BCUT2D eigenvalue weighted by atomic mass is 19.1. The third kappa shape index (κ3) is 5.87. The molecular weight excluding hydrogens is 507 g/mol. The van der Waals surface area contributed by atoms with Crippen LogP contribution in [-0.2, 0) is 11.4 Å². The summed E-state index contributed by atoms with van der Waals surface area (Å²) in [5.74, 6) is -0.332. The van der Waals surface area contributed by atoms with Crippen LogP contribution in [0.25, 0.3) is 6.08 Å². The number of fused-ring (bicyclic) bond motifs is 1. The lowest BCUT2D eigenvalue weighted by Crippen LogP contribution is -2.21. The highest BCUT2D eigenvalue weighted by molar-refractivity contribution is 5.88. The summed E-state index contributed by atoms with van der Waals surface area (Å²) < 4.78 is 31.1. The number of allylic oxidation sites excluding steroid dienone is 1. The molecule has 4 aromatic carbocycles. The molecule has 0 bridgehead atoms. The van der Waals surface area contributed by atoms with Crippen molar-refractivity contribution >= 4 is 12.0 Å². The molecule has 0 spiro atoms. The fourth-order valence-electron chi connectivity index (χ4n) is 4.39. The number of ether oxygens (including phenoxy) is 3. The van der Waals surface area contributed by atoms with Gasteiger partial charge in [-0.1, -0.05) is 66.2 Å². The summed E-state index contributed by atoms with van der Waals surface area (Å²) in [7, 11) is 0. The summed E-state index contributed by atoms with van der Waals surface area (Å²) in [4.78, 5) is 12.4. The van der Waals surface area contributed by atoms with Crippen molar-refractivity contribution in [3.8, 4) is 23.3 Å². The van der Waals surface area contributed by atoms with E-state index in [1.807, 2.05) is 37.3 Å². The van der Waals surface area contributed by atoms with Crippen LogP contribution in [0.3, 0.4) is 0 Å². The fourth-order valence-corrected chi connectivity index (χ4v) is 4.39. The van der Waals surface area contributed by atoms with Gasteiger partial charge in [0.1, 0.15) is 41.3 Å². The van der Waals surface area contributed by atoms with Crippen LogP contribution >= 0.6 is 0 Å². The van der Waals surface area contributed by atoms with Gasteiger partial charge in [-0.2, -0.15) is 5.26 Å². The molecule has 1 unspecified atom stereocenters. The first-order valence-electron chi connectivity index (χ1n) is 12.6.